The summed E-state index contributed by atoms with van der Waals surface area (Å²) in [6.07, 6.45) is 4.78. The number of rotatable bonds is 4. The van der Waals surface area contributed by atoms with Crippen molar-refractivity contribution in [2.75, 3.05) is 5.75 Å². The zero-order valence-corrected chi connectivity index (χ0v) is 14.7. The summed E-state index contributed by atoms with van der Waals surface area (Å²) in [5.74, 6) is 2.41. The Labute approximate surface area is 146 Å². The first-order valence-electron chi connectivity index (χ1n) is 7.54. The van der Waals surface area contributed by atoms with Gasteiger partial charge in [-0.25, -0.2) is 4.79 Å². The summed E-state index contributed by atoms with van der Waals surface area (Å²) in [5.41, 5.74) is 1.79. The molecular weight excluding hydrogens is 346 g/mol. The highest BCUT2D eigenvalue weighted by molar-refractivity contribution is 7.98. The molecule has 0 unspecified atom stereocenters. The van der Waals surface area contributed by atoms with Gasteiger partial charge in [0.25, 0.3) is 5.89 Å². The third-order valence-electron chi connectivity index (χ3n) is 3.74. The van der Waals surface area contributed by atoms with E-state index in [-0.39, 0.29) is 12.6 Å². The zero-order chi connectivity index (χ0) is 16.5. The Morgan fingerprint density at radius 3 is 2.96 bits per heavy atom. The molecule has 0 atom stereocenters. The number of ether oxygens (including phenoxy) is 1. The molecule has 3 aromatic heterocycles. The first-order valence-corrected chi connectivity index (χ1v) is 9.51. The number of aryl methyl sites for hydroxylation is 1. The van der Waals surface area contributed by atoms with Crippen LogP contribution in [0.15, 0.2) is 28.9 Å². The van der Waals surface area contributed by atoms with Crippen LogP contribution >= 0.6 is 23.1 Å². The lowest BCUT2D eigenvalue weighted by atomic mass is 10.1. The zero-order valence-electron chi connectivity index (χ0n) is 13.0. The number of esters is 1. The van der Waals surface area contributed by atoms with Gasteiger partial charge < -0.3 is 13.7 Å². The molecule has 0 spiro atoms. The van der Waals surface area contributed by atoms with Gasteiger partial charge in [-0.3, -0.25) is 0 Å². The van der Waals surface area contributed by atoms with E-state index in [1.54, 1.807) is 18.3 Å². The number of hydrogen-bond donors (Lipinski definition) is 0. The minimum absolute atomic E-state index is 0.00976. The molecule has 0 bridgehead atoms. The van der Waals surface area contributed by atoms with Crippen molar-refractivity contribution in [2.24, 2.45) is 0 Å². The third-order valence-corrected chi connectivity index (χ3v) is 6.15. The lowest BCUT2D eigenvalue weighted by Crippen LogP contribution is -2.12. The first-order chi connectivity index (χ1) is 11.7. The Morgan fingerprint density at radius 2 is 2.21 bits per heavy atom. The standard InChI is InChI=1S/C16H15N3O3S2/c1-10-17-18-13(22-10)8-21-16(20)14-11-4-7-23-9-12(11)24-15(14)19-5-2-3-6-19/h2-3,5-6H,4,7-9H2,1H3. The first kappa shape index (κ1) is 15.5. The average Bonchev–Trinajstić information content (AvgIpc) is 3.31. The molecule has 4 rings (SSSR count). The lowest BCUT2D eigenvalue weighted by molar-refractivity contribution is 0.0436. The van der Waals surface area contributed by atoms with Gasteiger partial charge in [-0.05, 0) is 29.9 Å². The molecular formula is C16H15N3O3S2. The topological polar surface area (TPSA) is 70.2 Å². The van der Waals surface area contributed by atoms with E-state index in [0.29, 0.717) is 17.3 Å². The predicted molar refractivity (Wildman–Crippen MR) is 91.7 cm³/mol. The fourth-order valence-electron chi connectivity index (χ4n) is 2.68. The molecule has 24 heavy (non-hydrogen) atoms. The molecule has 0 radical (unpaired) electrons. The maximum Gasteiger partial charge on any atom is 0.341 e. The van der Waals surface area contributed by atoms with Gasteiger partial charge in [0.1, 0.15) is 5.00 Å². The van der Waals surface area contributed by atoms with E-state index in [1.165, 1.54) is 4.88 Å². The van der Waals surface area contributed by atoms with Crippen molar-refractivity contribution in [3.8, 4) is 5.00 Å². The Bertz CT molecular complexity index is 867. The number of thioether (sulfide) groups is 1. The van der Waals surface area contributed by atoms with Crippen LogP contribution in [0.4, 0.5) is 0 Å². The molecule has 124 valence electrons. The smallest absolute Gasteiger partial charge is 0.341 e. The van der Waals surface area contributed by atoms with Gasteiger partial charge in [0.05, 0.1) is 5.56 Å². The van der Waals surface area contributed by atoms with Crippen LogP contribution in [0.1, 0.15) is 32.6 Å². The summed E-state index contributed by atoms with van der Waals surface area (Å²) in [7, 11) is 0. The molecule has 0 aliphatic carbocycles. The van der Waals surface area contributed by atoms with Gasteiger partial charge in [-0.1, -0.05) is 0 Å². The molecule has 1 aliphatic heterocycles. The van der Waals surface area contributed by atoms with Crippen molar-refractivity contribution >= 4 is 29.1 Å². The van der Waals surface area contributed by atoms with E-state index < -0.39 is 0 Å². The molecule has 3 aromatic rings. The van der Waals surface area contributed by atoms with Gasteiger partial charge in [-0.15, -0.1) is 21.5 Å². The number of nitrogens with zero attached hydrogens (tertiary/aromatic N) is 3. The van der Waals surface area contributed by atoms with Gasteiger partial charge >= 0.3 is 5.97 Å². The summed E-state index contributed by atoms with van der Waals surface area (Å²) in [4.78, 5) is 14.0. The number of carbonyl (C=O) groups excluding carboxylic acids is 1. The number of hydrogen-bond acceptors (Lipinski definition) is 7. The van der Waals surface area contributed by atoms with Crippen LogP contribution in [0.5, 0.6) is 0 Å². The largest absolute Gasteiger partial charge is 0.452 e. The maximum absolute atomic E-state index is 12.7. The monoisotopic (exact) mass is 361 g/mol. The summed E-state index contributed by atoms with van der Waals surface area (Å²) in [6.45, 7) is 1.69. The van der Waals surface area contributed by atoms with Crippen LogP contribution in [0.2, 0.25) is 0 Å². The summed E-state index contributed by atoms with van der Waals surface area (Å²) in [5, 5.41) is 8.52. The normalized spacial score (nSPS) is 13.7. The quantitative estimate of drug-likeness (QED) is 0.664. The van der Waals surface area contributed by atoms with Gasteiger partial charge in [0.2, 0.25) is 5.89 Å². The molecule has 8 heteroatoms. The second-order valence-corrected chi connectivity index (χ2v) is 7.56. The lowest BCUT2D eigenvalue weighted by Gasteiger charge is -2.12. The molecule has 0 saturated carbocycles. The van der Waals surface area contributed by atoms with Crippen LogP contribution in [0.3, 0.4) is 0 Å². The molecule has 0 N–H and O–H groups in total. The summed E-state index contributed by atoms with van der Waals surface area (Å²) < 4.78 is 12.7. The number of aromatic nitrogens is 3. The molecule has 0 fully saturated rings. The highest BCUT2D eigenvalue weighted by atomic mass is 32.2. The van der Waals surface area contributed by atoms with Crippen LogP contribution in [0, 0.1) is 6.92 Å². The van der Waals surface area contributed by atoms with Gasteiger partial charge in [-0.2, -0.15) is 11.8 Å². The minimum atomic E-state index is -0.334. The Balaban J connectivity index is 1.65. The van der Waals surface area contributed by atoms with Crippen LogP contribution in [-0.2, 0) is 23.5 Å². The molecule has 0 aromatic carbocycles. The Morgan fingerprint density at radius 1 is 1.38 bits per heavy atom. The van der Waals surface area contributed by atoms with E-state index >= 15 is 0 Å². The van der Waals surface area contributed by atoms with Crippen molar-refractivity contribution < 1.29 is 13.9 Å². The maximum atomic E-state index is 12.7. The predicted octanol–water partition coefficient (Wildman–Crippen LogP) is 3.38. The fourth-order valence-corrected chi connectivity index (χ4v) is 5.11. The van der Waals surface area contributed by atoms with Crippen molar-refractivity contribution in [3.05, 3.63) is 52.3 Å². The van der Waals surface area contributed by atoms with Crippen LogP contribution in [0.25, 0.3) is 5.00 Å². The fraction of sp³-hybridized carbons (Fsp3) is 0.312. The highest BCUT2D eigenvalue weighted by Crippen LogP contribution is 2.38. The summed E-state index contributed by atoms with van der Waals surface area (Å²) >= 11 is 3.56. The number of thiophene rings is 1. The number of carbonyl (C=O) groups is 1. The van der Waals surface area contributed by atoms with Gasteiger partial charge in [0.15, 0.2) is 6.61 Å². The van der Waals surface area contributed by atoms with E-state index in [4.69, 9.17) is 9.15 Å². The molecule has 0 amide bonds. The molecule has 0 saturated heterocycles. The second kappa shape index (κ2) is 6.45. The highest BCUT2D eigenvalue weighted by Gasteiger charge is 2.27. The Kier molecular flexibility index (Phi) is 4.15. The summed E-state index contributed by atoms with van der Waals surface area (Å²) in [6, 6.07) is 3.90. The van der Waals surface area contributed by atoms with Crippen molar-refractivity contribution in [2.45, 2.75) is 25.7 Å². The van der Waals surface area contributed by atoms with E-state index in [2.05, 4.69) is 10.2 Å². The third kappa shape index (κ3) is 2.87. The second-order valence-electron chi connectivity index (χ2n) is 5.37. The SMILES string of the molecule is Cc1nnc(COC(=O)c2c(-n3cccc3)sc3c2CCSC3)o1. The van der Waals surface area contributed by atoms with E-state index in [9.17, 15) is 4.79 Å². The van der Waals surface area contributed by atoms with E-state index in [0.717, 1.165) is 28.5 Å². The average molecular weight is 361 g/mol. The van der Waals surface area contributed by atoms with Crippen LogP contribution in [-0.4, -0.2) is 26.5 Å². The van der Waals surface area contributed by atoms with Crippen molar-refractivity contribution in [3.63, 3.8) is 0 Å². The molecule has 6 nitrogen and oxygen atoms in total. The van der Waals surface area contributed by atoms with Gasteiger partial charge in [0, 0.05) is 29.9 Å². The van der Waals surface area contributed by atoms with E-state index in [1.807, 2.05) is 40.9 Å². The van der Waals surface area contributed by atoms with Crippen LogP contribution < -0.4 is 0 Å². The van der Waals surface area contributed by atoms with Crippen molar-refractivity contribution in [1.82, 2.24) is 14.8 Å². The minimum Gasteiger partial charge on any atom is -0.452 e. The molecule has 4 heterocycles. The van der Waals surface area contributed by atoms with Crippen molar-refractivity contribution in [1.29, 1.82) is 0 Å². The Hall–Kier alpha value is -2.06. The molecule has 1 aliphatic rings. The number of fused-ring (bicyclic) bond motifs is 1.